The van der Waals surface area contributed by atoms with Crippen molar-refractivity contribution in [1.29, 1.82) is 0 Å². The van der Waals surface area contributed by atoms with Crippen molar-refractivity contribution in [1.82, 2.24) is 9.21 Å². The van der Waals surface area contributed by atoms with Crippen LogP contribution in [0.5, 0.6) is 0 Å². The molecule has 31 heavy (non-hydrogen) atoms. The molecule has 0 spiro atoms. The highest BCUT2D eigenvalue weighted by atomic mass is 79.9. The maximum absolute atomic E-state index is 13.0. The van der Waals surface area contributed by atoms with E-state index >= 15 is 0 Å². The Kier molecular flexibility index (Phi) is 6.91. The van der Waals surface area contributed by atoms with Gasteiger partial charge in [0.05, 0.1) is 4.90 Å². The highest BCUT2D eigenvalue weighted by molar-refractivity contribution is 9.10. The largest absolute Gasteiger partial charge is 0.368 e. The summed E-state index contributed by atoms with van der Waals surface area (Å²) in [6.45, 7) is 3.62. The molecule has 2 aliphatic heterocycles. The van der Waals surface area contributed by atoms with Crippen molar-refractivity contribution in [3.05, 3.63) is 58.0 Å². The summed E-state index contributed by atoms with van der Waals surface area (Å²) in [6.07, 6.45) is 1.12. The van der Waals surface area contributed by atoms with Crippen molar-refractivity contribution in [2.45, 2.75) is 17.7 Å². The molecule has 6 nitrogen and oxygen atoms in total. The van der Waals surface area contributed by atoms with Crippen LogP contribution in [0.4, 0.5) is 5.69 Å². The van der Waals surface area contributed by atoms with Gasteiger partial charge in [-0.15, -0.1) is 0 Å². The molecule has 2 aromatic rings. The van der Waals surface area contributed by atoms with Crippen LogP contribution in [-0.2, 0) is 14.8 Å². The van der Waals surface area contributed by atoms with Gasteiger partial charge in [0.1, 0.15) is 0 Å². The number of carbonyl (C=O) groups excluding carboxylic acids is 1. The summed E-state index contributed by atoms with van der Waals surface area (Å²) in [7, 11) is -3.52. The second-order valence-corrected chi connectivity index (χ2v) is 11.2. The first kappa shape index (κ1) is 22.6. The monoisotopic (exact) mass is 525 g/mol. The van der Waals surface area contributed by atoms with E-state index in [2.05, 4.69) is 20.8 Å². The number of benzene rings is 2. The van der Waals surface area contributed by atoms with Crippen molar-refractivity contribution in [3.8, 4) is 0 Å². The normalized spacial score (nSPS) is 18.9. The fourth-order valence-corrected chi connectivity index (χ4v) is 6.13. The van der Waals surface area contributed by atoms with Crippen molar-refractivity contribution >= 4 is 49.1 Å². The van der Waals surface area contributed by atoms with Gasteiger partial charge >= 0.3 is 0 Å². The number of amides is 1. The molecule has 1 amide bonds. The molecule has 4 rings (SSSR count). The zero-order chi connectivity index (χ0) is 22.0. The van der Waals surface area contributed by atoms with Gasteiger partial charge in [0.2, 0.25) is 15.9 Å². The van der Waals surface area contributed by atoms with Gasteiger partial charge in [-0.05, 0) is 55.3 Å². The van der Waals surface area contributed by atoms with E-state index < -0.39 is 10.0 Å². The standard InChI is InChI=1S/C22H25BrClN3O3S/c23-18-4-6-21(7-5-18)31(29,30)27-10-8-17(9-11-27)22(28)26-14-12-25(13-15-26)20-3-1-2-19(24)16-20/h1-7,16-17H,8-15H2. The van der Waals surface area contributed by atoms with Gasteiger partial charge in [-0.2, -0.15) is 4.31 Å². The van der Waals surface area contributed by atoms with E-state index in [0.717, 1.165) is 23.2 Å². The number of sulfonamides is 1. The molecule has 0 saturated carbocycles. The van der Waals surface area contributed by atoms with Gasteiger partial charge in [0.15, 0.2) is 0 Å². The lowest BCUT2D eigenvalue weighted by Gasteiger charge is -2.39. The molecule has 166 valence electrons. The second-order valence-electron chi connectivity index (χ2n) is 7.92. The molecule has 0 unspecified atom stereocenters. The minimum absolute atomic E-state index is 0.117. The summed E-state index contributed by atoms with van der Waals surface area (Å²) in [5.74, 6) is 0.0283. The Bertz CT molecular complexity index is 1030. The summed E-state index contributed by atoms with van der Waals surface area (Å²) in [6, 6.07) is 14.4. The molecular formula is C22H25BrClN3O3S. The van der Waals surface area contributed by atoms with Gasteiger partial charge in [0, 0.05) is 60.4 Å². The third-order valence-electron chi connectivity index (χ3n) is 6.02. The lowest BCUT2D eigenvalue weighted by molar-refractivity contribution is -0.137. The number of carbonyl (C=O) groups is 1. The molecule has 2 aromatic carbocycles. The lowest BCUT2D eigenvalue weighted by Crippen LogP contribution is -2.52. The maximum atomic E-state index is 13.0. The zero-order valence-corrected chi connectivity index (χ0v) is 20.2. The van der Waals surface area contributed by atoms with E-state index in [1.165, 1.54) is 4.31 Å². The summed E-state index contributed by atoms with van der Waals surface area (Å²) < 4.78 is 28.1. The van der Waals surface area contributed by atoms with Gasteiger partial charge in [-0.1, -0.05) is 33.6 Å². The minimum Gasteiger partial charge on any atom is -0.368 e. The van der Waals surface area contributed by atoms with Crippen LogP contribution in [0.25, 0.3) is 0 Å². The zero-order valence-electron chi connectivity index (χ0n) is 17.1. The van der Waals surface area contributed by atoms with Gasteiger partial charge in [-0.3, -0.25) is 4.79 Å². The number of nitrogens with zero attached hydrogens (tertiary/aromatic N) is 3. The van der Waals surface area contributed by atoms with E-state index in [-0.39, 0.29) is 16.7 Å². The molecule has 0 aliphatic carbocycles. The molecule has 2 heterocycles. The van der Waals surface area contributed by atoms with Crippen LogP contribution in [0.2, 0.25) is 5.02 Å². The lowest BCUT2D eigenvalue weighted by atomic mass is 9.96. The van der Waals surface area contributed by atoms with Crippen molar-refractivity contribution in [2.24, 2.45) is 5.92 Å². The average molecular weight is 527 g/mol. The Hall–Kier alpha value is -1.61. The van der Waals surface area contributed by atoms with Crippen molar-refractivity contribution < 1.29 is 13.2 Å². The Morgan fingerprint density at radius 3 is 2.19 bits per heavy atom. The Labute approximate surface area is 196 Å². The van der Waals surface area contributed by atoms with E-state index in [1.54, 1.807) is 24.3 Å². The number of anilines is 1. The Morgan fingerprint density at radius 2 is 1.58 bits per heavy atom. The number of piperazine rings is 1. The van der Waals surface area contributed by atoms with E-state index in [4.69, 9.17) is 11.6 Å². The van der Waals surface area contributed by atoms with E-state index in [1.807, 2.05) is 29.2 Å². The summed E-state index contributed by atoms with van der Waals surface area (Å²) >= 11 is 9.42. The fraction of sp³-hybridized carbons (Fsp3) is 0.409. The van der Waals surface area contributed by atoms with E-state index in [9.17, 15) is 13.2 Å². The molecule has 2 saturated heterocycles. The minimum atomic E-state index is -3.52. The first-order valence-electron chi connectivity index (χ1n) is 10.4. The first-order valence-corrected chi connectivity index (χ1v) is 13.0. The van der Waals surface area contributed by atoms with E-state index in [0.29, 0.717) is 44.0 Å². The van der Waals surface area contributed by atoms with Crippen LogP contribution in [0.3, 0.4) is 0 Å². The number of hydrogen-bond acceptors (Lipinski definition) is 4. The fourth-order valence-electron chi connectivity index (χ4n) is 4.21. The number of hydrogen-bond donors (Lipinski definition) is 0. The van der Waals surface area contributed by atoms with Crippen LogP contribution in [0.1, 0.15) is 12.8 Å². The molecule has 2 fully saturated rings. The van der Waals surface area contributed by atoms with Crippen molar-refractivity contribution in [2.75, 3.05) is 44.2 Å². The topological polar surface area (TPSA) is 60.9 Å². The molecule has 0 aromatic heterocycles. The van der Waals surface area contributed by atoms with Crippen LogP contribution < -0.4 is 4.90 Å². The van der Waals surface area contributed by atoms with Crippen LogP contribution in [0, 0.1) is 5.92 Å². The molecule has 2 aliphatic rings. The van der Waals surface area contributed by atoms with Gasteiger partial charge < -0.3 is 9.80 Å². The third-order valence-corrected chi connectivity index (χ3v) is 8.70. The number of rotatable bonds is 4. The van der Waals surface area contributed by atoms with Gasteiger partial charge in [0.25, 0.3) is 0 Å². The quantitative estimate of drug-likeness (QED) is 0.607. The third kappa shape index (κ3) is 5.08. The smallest absolute Gasteiger partial charge is 0.243 e. The van der Waals surface area contributed by atoms with Crippen LogP contribution >= 0.6 is 27.5 Å². The maximum Gasteiger partial charge on any atom is 0.243 e. The Morgan fingerprint density at radius 1 is 0.935 bits per heavy atom. The number of piperidine rings is 1. The molecule has 0 radical (unpaired) electrons. The molecule has 0 atom stereocenters. The predicted octanol–water partition coefficient (Wildman–Crippen LogP) is 3.85. The highest BCUT2D eigenvalue weighted by Gasteiger charge is 2.34. The van der Waals surface area contributed by atoms with Crippen LogP contribution in [0.15, 0.2) is 57.9 Å². The first-order chi connectivity index (χ1) is 14.8. The number of halogens is 2. The van der Waals surface area contributed by atoms with Crippen molar-refractivity contribution in [3.63, 3.8) is 0 Å². The van der Waals surface area contributed by atoms with Gasteiger partial charge in [-0.25, -0.2) is 8.42 Å². The summed E-state index contributed by atoms with van der Waals surface area (Å²) in [5, 5.41) is 0.709. The highest BCUT2D eigenvalue weighted by Crippen LogP contribution is 2.27. The second kappa shape index (κ2) is 9.48. The SMILES string of the molecule is O=C(C1CCN(S(=O)(=O)c2ccc(Br)cc2)CC1)N1CCN(c2cccc(Cl)c2)CC1. The van der Waals surface area contributed by atoms with Crippen LogP contribution in [-0.4, -0.2) is 62.8 Å². The Balaban J connectivity index is 1.31. The molecule has 0 N–H and O–H groups in total. The average Bonchev–Trinajstić information content (AvgIpc) is 2.79. The predicted molar refractivity (Wildman–Crippen MR) is 126 cm³/mol. The molecule has 9 heteroatoms. The molecule has 0 bridgehead atoms. The molecular weight excluding hydrogens is 502 g/mol. The summed E-state index contributed by atoms with van der Waals surface area (Å²) in [5.41, 5.74) is 1.08. The summed E-state index contributed by atoms with van der Waals surface area (Å²) in [4.78, 5) is 17.5.